The first-order valence-corrected chi connectivity index (χ1v) is 9.28. The molecule has 0 saturated heterocycles. The Hall–Kier alpha value is -4.07. The van der Waals surface area contributed by atoms with Crippen molar-refractivity contribution in [3.05, 3.63) is 94.4 Å². The number of benzene rings is 2. The van der Waals surface area contributed by atoms with Crippen LogP contribution in [0.1, 0.15) is 15.9 Å². The first-order valence-electron chi connectivity index (χ1n) is 9.28. The molecule has 0 aliphatic rings. The van der Waals surface area contributed by atoms with E-state index in [1.54, 1.807) is 30.5 Å². The SMILES string of the molecule is COc1ccccc1NCC(=O)NNC(=O)c1cccn(Cc2ccccc2)c1=O. The number of aromatic nitrogens is 1. The Labute approximate surface area is 173 Å². The van der Waals surface area contributed by atoms with Crippen LogP contribution in [-0.4, -0.2) is 30.0 Å². The zero-order valence-electron chi connectivity index (χ0n) is 16.4. The molecule has 0 unspecified atom stereocenters. The van der Waals surface area contributed by atoms with E-state index < -0.39 is 17.4 Å². The van der Waals surface area contributed by atoms with Gasteiger partial charge in [0.25, 0.3) is 17.4 Å². The molecule has 1 aromatic heterocycles. The fourth-order valence-corrected chi connectivity index (χ4v) is 2.82. The van der Waals surface area contributed by atoms with Gasteiger partial charge in [-0.05, 0) is 29.8 Å². The van der Waals surface area contributed by atoms with E-state index in [2.05, 4.69) is 16.2 Å². The number of amides is 2. The molecule has 0 fully saturated rings. The molecule has 3 aromatic rings. The van der Waals surface area contributed by atoms with Crippen molar-refractivity contribution in [2.24, 2.45) is 0 Å². The lowest BCUT2D eigenvalue weighted by Crippen LogP contribution is -2.46. The lowest BCUT2D eigenvalue weighted by atomic mass is 10.2. The minimum Gasteiger partial charge on any atom is -0.495 e. The van der Waals surface area contributed by atoms with Crippen LogP contribution in [0.25, 0.3) is 0 Å². The molecule has 0 radical (unpaired) electrons. The summed E-state index contributed by atoms with van der Waals surface area (Å²) in [5.74, 6) is -0.569. The summed E-state index contributed by atoms with van der Waals surface area (Å²) in [6.45, 7) is 0.254. The highest BCUT2D eigenvalue weighted by Gasteiger charge is 2.13. The first-order chi connectivity index (χ1) is 14.6. The average molecular weight is 406 g/mol. The van der Waals surface area contributed by atoms with Crippen LogP contribution in [0.2, 0.25) is 0 Å². The molecular formula is C22H22N4O4. The Morgan fingerprint density at radius 1 is 0.933 bits per heavy atom. The Morgan fingerprint density at radius 3 is 2.43 bits per heavy atom. The number of rotatable bonds is 7. The third-order valence-electron chi connectivity index (χ3n) is 4.32. The van der Waals surface area contributed by atoms with Gasteiger partial charge in [0, 0.05) is 6.20 Å². The third-order valence-corrected chi connectivity index (χ3v) is 4.32. The van der Waals surface area contributed by atoms with Crippen molar-refractivity contribution in [1.29, 1.82) is 0 Å². The summed E-state index contributed by atoms with van der Waals surface area (Å²) in [5, 5.41) is 2.92. The maximum atomic E-state index is 12.6. The van der Waals surface area contributed by atoms with Crippen molar-refractivity contribution < 1.29 is 14.3 Å². The largest absolute Gasteiger partial charge is 0.495 e. The van der Waals surface area contributed by atoms with Gasteiger partial charge in [0.05, 0.1) is 25.9 Å². The smallest absolute Gasteiger partial charge is 0.275 e. The van der Waals surface area contributed by atoms with Crippen molar-refractivity contribution >= 4 is 17.5 Å². The minimum absolute atomic E-state index is 0.0635. The number of nitrogens with zero attached hydrogens (tertiary/aromatic N) is 1. The Balaban J connectivity index is 1.57. The van der Waals surface area contributed by atoms with Gasteiger partial charge in [0.1, 0.15) is 11.3 Å². The van der Waals surface area contributed by atoms with Crippen LogP contribution in [0.4, 0.5) is 5.69 Å². The fraction of sp³-hybridized carbons (Fsp3) is 0.136. The molecule has 0 aliphatic carbocycles. The van der Waals surface area contributed by atoms with Gasteiger partial charge >= 0.3 is 0 Å². The van der Waals surface area contributed by atoms with E-state index in [1.165, 1.54) is 17.7 Å². The topological polar surface area (TPSA) is 101 Å². The molecule has 8 nitrogen and oxygen atoms in total. The molecular weight excluding hydrogens is 384 g/mol. The summed E-state index contributed by atoms with van der Waals surface area (Å²) in [6.07, 6.45) is 1.61. The first kappa shape index (κ1) is 20.7. The number of carbonyl (C=O) groups is 2. The van der Waals surface area contributed by atoms with Crippen molar-refractivity contribution in [1.82, 2.24) is 15.4 Å². The van der Waals surface area contributed by atoms with Gasteiger partial charge in [-0.25, -0.2) is 0 Å². The quantitative estimate of drug-likeness (QED) is 0.519. The predicted molar refractivity (Wildman–Crippen MR) is 113 cm³/mol. The standard InChI is InChI=1S/C22H22N4O4/c1-30-19-12-6-5-11-18(19)23-14-20(27)24-25-21(28)17-10-7-13-26(22(17)29)15-16-8-3-2-4-9-16/h2-13,23H,14-15H2,1H3,(H,24,27)(H,25,28). The minimum atomic E-state index is -0.687. The second kappa shape index (κ2) is 9.92. The van der Waals surface area contributed by atoms with Gasteiger partial charge in [-0.1, -0.05) is 42.5 Å². The van der Waals surface area contributed by atoms with E-state index in [9.17, 15) is 14.4 Å². The number of anilines is 1. The zero-order valence-corrected chi connectivity index (χ0v) is 16.4. The maximum absolute atomic E-state index is 12.6. The number of pyridine rings is 1. The fourth-order valence-electron chi connectivity index (χ4n) is 2.82. The van der Waals surface area contributed by atoms with Gasteiger partial charge in [-0.15, -0.1) is 0 Å². The molecule has 0 aliphatic heterocycles. The van der Waals surface area contributed by atoms with E-state index >= 15 is 0 Å². The lowest BCUT2D eigenvalue weighted by molar-refractivity contribution is -0.120. The van der Waals surface area contributed by atoms with Crippen molar-refractivity contribution in [3.8, 4) is 5.75 Å². The van der Waals surface area contributed by atoms with Crippen LogP contribution in [0, 0.1) is 0 Å². The number of para-hydroxylation sites is 2. The molecule has 1 heterocycles. The number of hydrazine groups is 1. The second-order valence-corrected chi connectivity index (χ2v) is 6.40. The second-order valence-electron chi connectivity index (χ2n) is 6.40. The number of nitrogens with one attached hydrogen (secondary N) is 3. The Morgan fingerprint density at radius 2 is 1.67 bits per heavy atom. The maximum Gasteiger partial charge on any atom is 0.275 e. The molecule has 3 N–H and O–H groups in total. The van der Waals surface area contributed by atoms with Gasteiger partial charge in [0.2, 0.25) is 0 Å². The molecule has 8 heteroatoms. The summed E-state index contributed by atoms with van der Waals surface area (Å²) < 4.78 is 6.64. The summed E-state index contributed by atoms with van der Waals surface area (Å²) in [6, 6.07) is 19.6. The summed E-state index contributed by atoms with van der Waals surface area (Å²) in [7, 11) is 1.53. The summed E-state index contributed by atoms with van der Waals surface area (Å²) in [5.41, 5.74) is 5.64. The van der Waals surface area contributed by atoms with Crippen LogP contribution in [0.5, 0.6) is 5.75 Å². The molecule has 0 atom stereocenters. The van der Waals surface area contributed by atoms with Crippen LogP contribution in [0.3, 0.4) is 0 Å². The zero-order chi connectivity index (χ0) is 21.3. The number of hydrogen-bond acceptors (Lipinski definition) is 5. The van der Waals surface area contributed by atoms with Crippen molar-refractivity contribution in [3.63, 3.8) is 0 Å². The van der Waals surface area contributed by atoms with E-state index in [4.69, 9.17) is 4.74 Å². The van der Waals surface area contributed by atoms with Crippen molar-refractivity contribution in [2.45, 2.75) is 6.54 Å². The predicted octanol–water partition coefficient (Wildman–Crippen LogP) is 1.78. The number of ether oxygens (including phenoxy) is 1. The molecule has 30 heavy (non-hydrogen) atoms. The van der Waals surface area contributed by atoms with E-state index in [1.807, 2.05) is 36.4 Å². The highest BCUT2D eigenvalue weighted by molar-refractivity contribution is 5.95. The molecule has 2 aromatic carbocycles. The molecule has 0 spiro atoms. The monoisotopic (exact) mass is 406 g/mol. The van der Waals surface area contributed by atoms with Crippen LogP contribution in [-0.2, 0) is 11.3 Å². The van der Waals surface area contributed by atoms with E-state index in [0.717, 1.165) is 5.56 Å². The van der Waals surface area contributed by atoms with E-state index in [0.29, 0.717) is 18.0 Å². The summed E-state index contributed by atoms with van der Waals surface area (Å²) in [4.78, 5) is 37.0. The van der Waals surface area contributed by atoms with Gasteiger partial charge in [-0.3, -0.25) is 25.2 Å². The van der Waals surface area contributed by atoms with Crippen LogP contribution < -0.4 is 26.5 Å². The number of methoxy groups -OCH3 is 1. The summed E-state index contributed by atoms with van der Waals surface area (Å²) >= 11 is 0. The lowest BCUT2D eigenvalue weighted by Gasteiger charge is -2.12. The highest BCUT2D eigenvalue weighted by atomic mass is 16.5. The Kier molecular flexibility index (Phi) is 6.83. The number of carbonyl (C=O) groups excluding carboxylic acids is 2. The van der Waals surface area contributed by atoms with Gasteiger partial charge < -0.3 is 14.6 Å². The Bertz CT molecular complexity index is 1080. The van der Waals surface area contributed by atoms with Gasteiger partial charge in [-0.2, -0.15) is 0 Å². The number of hydrogen-bond donors (Lipinski definition) is 3. The van der Waals surface area contributed by atoms with Crippen LogP contribution in [0.15, 0.2) is 77.7 Å². The molecule has 0 saturated carbocycles. The molecule has 154 valence electrons. The van der Waals surface area contributed by atoms with E-state index in [-0.39, 0.29) is 12.1 Å². The third kappa shape index (κ3) is 5.26. The molecule has 0 bridgehead atoms. The van der Waals surface area contributed by atoms with Crippen LogP contribution >= 0.6 is 0 Å². The molecule has 2 amide bonds. The highest BCUT2D eigenvalue weighted by Crippen LogP contribution is 2.22. The normalized spacial score (nSPS) is 10.2. The average Bonchev–Trinajstić information content (AvgIpc) is 2.78. The van der Waals surface area contributed by atoms with Crippen molar-refractivity contribution in [2.75, 3.05) is 19.0 Å². The van der Waals surface area contributed by atoms with Gasteiger partial charge in [0.15, 0.2) is 0 Å². The molecule has 3 rings (SSSR count).